The second kappa shape index (κ2) is 5.35. The fourth-order valence-electron chi connectivity index (χ4n) is 2.90. The van der Waals surface area contributed by atoms with E-state index in [9.17, 15) is 4.79 Å². The Hall–Kier alpha value is -2.11. The summed E-state index contributed by atoms with van der Waals surface area (Å²) < 4.78 is 7.65. The Kier molecular flexibility index (Phi) is 3.53. The molecule has 0 saturated heterocycles. The molecule has 3 heterocycles. The molecule has 6 heteroatoms. The zero-order valence-corrected chi connectivity index (χ0v) is 12.7. The first-order valence-electron chi connectivity index (χ1n) is 7.33. The van der Waals surface area contributed by atoms with E-state index in [0.717, 1.165) is 42.4 Å². The molecule has 1 N–H and O–H groups in total. The molecule has 0 aliphatic carbocycles. The molecule has 1 amide bonds. The number of nitrogens with zero attached hydrogens (tertiary/aromatic N) is 3. The van der Waals surface area contributed by atoms with E-state index in [1.54, 1.807) is 0 Å². The zero-order valence-electron chi connectivity index (χ0n) is 12.7. The summed E-state index contributed by atoms with van der Waals surface area (Å²) in [7, 11) is 0. The van der Waals surface area contributed by atoms with E-state index in [0.29, 0.717) is 24.3 Å². The number of nitrogens with one attached hydrogen (secondary N) is 1. The van der Waals surface area contributed by atoms with Crippen LogP contribution in [0.2, 0.25) is 0 Å². The Bertz CT molecular complexity index is 684. The third kappa shape index (κ3) is 2.46. The molecular formula is C15H20N4O2. The van der Waals surface area contributed by atoms with Crippen LogP contribution in [0.15, 0.2) is 4.42 Å². The van der Waals surface area contributed by atoms with Gasteiger partial charge in [0.1, 0.15) is 23.2 Å². The molecule has 0 atom stereocenters. The summed E-state index contributed by atoms with van der Waals surface area (Å²) >= 11 is 0. The van der Waals surface area contributed by atoms with E-state index in [1.807, 2.05) is 20.8 Å². The van der Waals surface area contributed by atoms with Crippen molar-refractivity contribution in [3.05, 3.63) is 34.3 Å². The number of carbonyl (C=O) groups is 1. The molecule has 2 aromatic rings. The van der Waals surface area contributed by atoms with Crippen molar-refractivity contribution in [1.82, 2.24) is 20.1 Å². The Morgan fingerprint density at radius 3 is 2.81 bits per heavy atom. The molecule has 112 valence electrons. The van der Waals surface area contributed by atoms with Crippen molar-refractivity contribution >= 4 is 5.91 Å². The first-order valence-corrected chi connectivity index (χ1v) is 7.33. The Labute approximate surface area is 123 Å². The van der Waals surface area contributed by atoms with E-state index in [-0.39, 0.29) is 5.91 Å². The van der Waals surface area contributed by atoms with Crippen molar-refractivity contribution in [1.29, 1.82) is 0 Å². The number of hydrogen-bond acceptors (Lipinski definition) is 4. The molecule has 3 rings (SSSR count). The zero-order chi connectivity index (χ0) is 15.0. The predicted octanol–water partition coefficient (Wildman–Crippen LogP) is 1.72. The van der Waals surface area contributed by atoms with Gasteiger partial charge in [-0.2, -0.15) is 0 Å². The largest absolute Gasteiger partial charge is 0.466 e. The highest BCUT2D eigenvalue weighted by atomic mass is 16.3. The van der Waals surface area contributed by atoms with Crippen molar-refractivity contribution in [3.8, 4) is 0 Å². The molecule has 0 radical (unpaired) electrons. The summed E-state index contributed by atoms with van der Waals surface area (Å²) in [4.78, 5) is 12.2. The average Bonchev–Trinajstić information content (AvgIpc) is 3.08. The van der Waals surface area contributed by atoms with Gasteiger partial charge < -0.3 is 14.3 Å². The summed E-state index contributed by atoms with van der Waals surface area (Å²) in [5.74, 6) is 3.41. The van der Waals surface area contributed by atoms with E-state index in [2.05, 4.69) is 20.1 Å². The van der Waals surface area contributed by atoms with Gasteiger partial charge in [-0.25, -0.2) is 0 Å². The van der Waals surface area contributed by atoms with E-state index < -0.39 is 0 Å². The van der Waals surface area contributed by atoms with Gasteiger partial charge in [-0.3, -0.25) is 4.79 Å². The summed E-state index contributed by atoms with van der Waals surface area (Å²) in [6.07, 6.45) is 2.84. The van der Waals surface area contributed by atoms with Crippen LogP contribution in [-0.2, 0) is 19.4 Å². The van der Waals surface area contributed by atoms with Gasteiger partial charge in [0.15, 0.2) is 0 Å². The maximum atomic E-state index is 12.2. The van der Waals surface area contributed by atoms with Crippen LogP contribution in [-0.4, -0.2) is 27.2 Å². The van der Waals surface area contributed by atoms with Gasteiger partial charge in [0.2, 0.25) is 0 Å². The Morgan fingerprint density at radius 1 is 1.29 bits per heavy atom. The summed E-state index contributed by atoms with van der Waals surface area (Å²) in [5.41, 5.74) is 1.56. The van der Waals surface area contributed by atoms with Gasteiger partial charge in [0, 0.05) is 31.5 Å². The van der Waals surface area contributed by atoms with Crippen molar-refractivity contribution in [3.63, 3.8) is 0 Å². The maximum Gasteiger partial charge on any atom is 0.255 e. The molecule has 2 aromatic heterocycles. The van der Waals surface area contributed by atoms with Crippen molar-refractivity contribution < 1.29 is 9.21 Å². The molecule has 0 unspecified atom stereocenters. The molecular weight excluding hydrogens is 268 g/mol. The summed E-state index contributed by atoms with van der Waals surface area (Å²) in [6.45, 7) is 7.15. The third-order valence-electron chi connectivity index (χ3n) is 4.11. The molecule has 21 heavy (non-hydrogen) atoms. The Morgan fingerprint density at radius 2 is 2.10 bits per heavy atom. The average molecular weight is 288 g/mol. The number of carbonyl (C=O) groups excluding carboxylic acids is 1. The lowest BCUT2D eigenvalue weighted by atomic mass is 10.1. The molecule has 0 bridgehead atoms. The number of furan rings is 1. The molecule has 1 aliphatic rings. The summed E-state index contributed by atoms with van der Waals surface area (Å²) in [6, 6.07) is 0. The third-order valence-corrected chi connectivity index (χ3v) is 4.11. The van der Waals surface area contributed by atoms with E-state index in [1.165, 1.54) is 0 Å². The van der Waals surface area contributed by atoms with Crippen LogP contribution >= 0.6 is 0 Å². The molecule has 0 saturated carbocycles. The normalized spacial score (nSPS) is 13.5. The lowest BCUT2D eigenvalue weighted by molar-refractivity contribution is 0.0952. The lowest BCUT2D eigenvalue weighted by Gasteiger charge is -2.06. The number of aryl methyl sites for hydroxylation is 3. The number of aromatic nitrogens is 3. The Balaban J connectivity index is 1.61. The first-order chi connectivity index (χ1) is 10.1. The smallest absolute Gasteiger partial charge is 0.255 e. The van der Waals surface area contributed by atoms with Gasteiger partial charge in [-0.15, -0.1) is 10.2 Å². The van der Waals surface area contributed by atoms with Gasteiger partial charge >= 0.3 is 0 Å². The minimum Gasteiger partial charge on any atom is -0.466 e. The SMILES string of the molecule is Cc1oc(C)c(C(=O)NCCc2nnc3n2CCC3)c1C. The van der Waals surface area contributed by atoms with Gasteiger partial charge in [-0.1, -0.05) is 0 Å². The molecule has 0 fully saturated rings. The highest BCUT2D eigenvalue weighted by Gasteiger charge is 2.19. The fraction of sp³-hybridized carbons (Fsp3) is 0.533. The standard InChI is InChI=1S/C15H20N4O2/c1-9-10(2)21-11(3)14(9)15(20)16-7-6-13-18-17-12-5-4-8-19(12)13/h4-8H2,1-3H3,(H,16,20). The van der Waals surface area contributed by atoms with Crippen LogP contribution in [0, 0.1) is 20.8 Å². The molecule has 1 aliphatic heterocycles. The van der Waals surface area contributed by atoms with Crippen LogP contribution in [0.25, 0.3) is 0 Å². The van der Waals surface area contributed by atoms with Crippen molar-refractivity contribution in [2.75, 3.05) is 6.54 Å². The minimum absolute atomic E-state index is 0.0805. The number of fused-ring (bicyclic) bond motifs is 1. The predicted molar refractivity (Wildman–Crippen MR) is 77.3 cm³/mol. The van der Waals surface area contributed by atoms with Crippen LogP contribution in [0.1, 0.15) is 45.5 Å². The fourth-order valence-corrected chi connectivity index (χ4v) is 2.90. The molecule has 0 spiro atoms. The van der Waals surface area contributed by atoms with Crippen LogP contribution in [0.4, 0.5) is 0 Å². The van der Waals surface area contributed by atoms with Crippen LogP contribution in [0.3, 0.4) is 0 Å². The van der Waals surface area contributed by atoms with E-state index in [4.69, 9.17) is 4.42 Å². The van der Waals surface area contributed by atoms with Gasteiger partial charge in [0.25, 0.3) is 5.91 Å². The quantitative estimate of drug-likeness (QED) is 0.929. The monoisotopic (exact) mass is 288 g/mol. The summed E-state index contributed by atoms with van der Waals surface area (Å²) in [5, 5.41) is 11.3. The lowest BCUT2D eigenvalue weighted by Crippen LogP contribution is -2.27. The number of hydrogen-bond donors (Lipinski definition) is 1. The van der Waals surface area contributed by atoms with Crippen LogP contribution < -0.4 is 5.32 Å². The van der Waals surface area contributed by atoms with Crippen molar-refractivity contribution in [2.45, 2.75) is 46.6 Å². The van der Waals surface area contributed by atoms with Crippen LogP contribution in [0.5, 0.6) is 0 Å². The van der Waals surface area contributed by atoms with E-state index >= 15 is 0 Å². The highest BCUT2D eigenvalue weighted by molar-refractivity contribution is 5.96. The maximum absolute atomic E-state index is 12.2. The highest BCUT2D eigenvalue weighted by Crippen LogP contribution is 2.20. The molecule has 6 nitrogen and oxygen atoms in total. The van der Waals surface area contributed by atoms with Crippen molar-refractivity contribution in [2.24, 2.45) is 0 Å². The molecule has 0 aromatic carbocycles. The van der Waals surface area contributed by atoms with Gasteiger partial charge in [0.05, 0.1) is 5.56 Å². The second-order valence-electron chi connectivity index (χ2n) is 5.51. The minimum atomic E-state index is -0.0805. The second-order valence-corrected chi connectivity index (χ2v) is 5.51. The first kappa shape index (κ1) is 13.9. The topological polar surface area (TPSA) is 73.0 Å². The number of amides is 1. The van der Waals surface area contributed by atoms with Gasteiger partial charge in [-0.05, 0) is 27.2 Å². The number of rotatable bonds is 4.